The number of alkyl halides is 3. The van der Waals surface area contributed by atoms with Crippen LogP contribution in [0.4, 0.5) is 18.3 Å². The van der Waals surface area contributed by atoms with Crippen molar-refractivity contribution in [1.29, 1.82) is 0 Å². The van der Waals surface area contributed by atoms with E-state index in [0.29, 0.717) is 19.5 Å². The van der Waals surface area contributed by atoms with Crippen LogP contribution in [0.15, 0.2) is 4.99 Å². The predicted octanol–water partition coefficient (Wildman–Crippen LogP) is 1.43. The highest BCUT2D eigenvalue weighted by atomic mass is 32.1. The number of likely N-dealkylation sites (tertiary alicyclic amines) is 1. The van der Waals surface area contributed by atoms with Crippen molar-refractivity contribution < 1.29 is 13.2 Å². The molecule has 0 saturated carbocycles. The number of aromatic nitrogens is 2. The number of hydrogen-bond donors (Lipinski definition) is 1. The van der Waals surface area contributed by atoms with Crippen LogP contribution in [0.1, 0.15) is 19.2 Å². The quantitative estimate of drug-likeness (QED) is 0.604. The second kappa shape index (κ2) is 8.59. The Labute approximate surface area is 161 Å². The lowest BCUT2D eigenvalue weighted by Crippen LogP contribution is -2.54. The minimum absolute atomic E-state index is 0.000598. The molecule has 0 spiro atoms. The molecule has 3 rings (SSSR count). The fourth-order valence-electron chi connectivity index (χ4n) is 3.45. The van der Waals surface area contributed by atoms with Crippen LogP contribution >= 0.6 is 11.5 Å². The molecule has 0 amide bonds. The molecule has 0 aliphatic carbocycles. The molecule has 0 aromatic carbocycles. The molecule has 3 heterocycles. The highest BCUT2D eigenvalue weighted by molar-refractivity contribution is 7.09. The highest BCUT2D eigenvalue weighted by Crippen LogP contribution is 2.21. The van der Waals surface area contributed by atoms with Gasteiger partial charge in [-0.2, -0.15) is 17.5 Å². The summed E-state index contributed by atoms with van der Waals surface area (Å²) < 4.78 is 42.0. The Kier molecular flexibility index (Phi) is 6.40. The van der Waals surface area contributed by atoms with Gasteiger partial charge in [-0.05, 0) is 6.42 Å². The molecule has 11 heteroatoms. The zero-order valence-electron chi connectivity index (χ0n) is 15.7. The number of guanidine groups is 1. The number of piperazine rings is 1. The number of aryl methyl sites for hydroxylation is 1. The maximum atomic E-state index is 12.5. The van der Waals surface area contributed by atoms with Crippen molar-refractivity contribution in [3.63, 3.8) is 0 Å². The van der Waals surface area contributed by atoms with E-state index in [4.69, 9.17) is 0 Å². The van der Waals surface area contributed by atoms with Crippen LogP contribution in [0, 0.1) is 0 Å². The number of nitrogens with zero attached hydrogens (tertiary/aromatic N) is 6. The lowest BCUT2D eigenvalue weighted by molar-refractivity contribution is -0.143. The second-order valence-corrected chi connectivity index (χ2v) is 7.58. The minimum Gasteiger partial charge on any atom is -0.352 e. The number of nitrogens with one attached hydrogen (secondary N) is 1. The van der Waals surface area contributed by atoms with Crippen molar-refractivity contribution in [3.05, 3.63) is 5.82 Å². The van der Waals surface area contributed by atoms with E-state index in [1.165, 1.54) is 16.4 Å². The third-order valence-electron chi connectivity index (χ3n) is 4.84. The molecule has 27 heavy (non-hydrogen) atoms. The van der Waals surface area contributed by atoms with E-state index in [2.05, 4.69) is 29.5 Å². The minimum atomic E-state index is -4.14. The number of hydrogen-bond acceptors (Lipinski definition) is 6. The molecule has 1 aromatic heterocycles. The normalized spacial score (nSPS) is 22.6. The summed E-state index contributed by atoms with van der Waals surface area (Å²) in [4.78, 5) is 14.7. The van der Waals surface area contributed by atoms with Gasteiger partial charge in [-0.1, -0.05) is 6.92 Å². The van der Waals surface area contributed by atoms with Crippen molar-refractivity contribution in [2.45, 2.75) is 32.0 Å². The fraction of sp³-hybridized carbons (Fsp3) is 0.812. The van der Waals surface area contributed by atoms with Gasteiger partial charge in [-0.3, -0.25) is 9.89 Å². The molecule has 2 saturated heterocycles. The Hall–Kier alpha value is -1.62. The standard InChI is InChI=1S/C16H26F3N7S/c1-3-13-22-15(27-23-13)26-8-6-25(7-9-26)14(20-2)21-12-4-5-24(10-12)11-16(17,18)19/h12H,3-11H2,1-2H3,(H,20,21). The van der Waals surface area contributed by atoms with E-state index in [-0.39, 0.29) is 6.04 Å². The molecule has 1 aromatic rings. The largest absolute Gasteiger partial charge is 0.401 e. The van der Waals surface area contributed by atoms with Crippen molar-refractivity contribution in [2.75, 3.05) is 57.8 Å². The van der Waals surface area contributed by atoms with Crippen LogP contribution in [0.5, 0.6) is 0 Å². The summed E-state index contributed by atoms with van der Waals surface area (Å²) in [5.41, 5.74) is 0. The van der Waals surface area contributed by atoms with E-state index >= 15 is 0 Å². The van der Waals surface area contributed by atoms with E-state index in [0.717, 1.165) is 49.5 Å². The summed E-state index contributed by atoms with van der Waals surface area (Å²) >= 11 is 1.43. The molecule has 1 atom stereocenters. The Morgan fingerprint density at radius 2 is 2.00 bits per heavy atom. The topological polar surface area (TPSA) is 59.9 Å². The SMILES string of the molecule is CCc1nsc(N2CCN(C(=NC)NC3CCN(CC(F)(F)F)C3)CC2)n1. The molecule has 1 unspecified atom stereocenters. The Bertz CT molecular complexity index is 640. The second-order valence-electron chi connectivity index (χ2n) is 6.85. The van der Waals surface area contributed by atoms with Gasteiger partial charge in [0.15, 0.2) is 5.96 Å². The van der Waals surface area contributed by atoms with Crippen molar-refractivity contribution in [1.82, 2.24) is 24.5 Å². The smallest absolute Gasteiger partial charge is 0.352 e. The lowest BCUT2D eigenvalue weighted by atomic mass is 10.2. The van der Waals surface area contributed by atoms with E-state index < -0.39 is 12.7 Å². The molecular weight excluding hydrogens is 379 g/mol. The molecule has 2 aliphatic rings. The molecular formula is C16H26F3N7S. The maximum Gasteiger partial charge on any atom is 0.401 e. The fourth-order valence-corrected chi connectivity index (χ4v) is 4.25. The first-order valence-corrected chi connectivity index (χ1v) is 10.00. The third kappa shape index (κ3) is 5.44. The Morgan fingerprint density at radius 3 is 2.59 bits per heavy atom. The van der Waals surface area contributed by atoms with Crippen molar-refractivity contribution in [2.24, 2.45) is 4.99 Å². The number of halogens is 3. The summed E-state index contributed by atoms with van der Waals surface area (Å²) in [6.07, 6.45) is -2.62. The van der Waals surface area contributed by atoms with Crippen LogP contribution in [-0.2, 0) is 6.42 Å². The van der Waals surface area contributed by atoms with Crippen LogP contribution in [0.3, 0.4) is 0 Å². The van der Waals surface area contributed by atoms with Gasteiger partial charge in [-0.25, -0.2) is 4.98 Å². The first-order valence-electron chi connectivity index (χ1n) is 9.23. The average molecular weight is 405 g/mol. The molecule has 0 radical (unpaired) electrons. The van der Waals surface area contributed by atoms with Crippen LogP contribution in [0.25, 0.3) is 0 Å². The van der Waals surface area contributed by atoms with E-state index in [1.807, 2.05) is 6.92 Å². The number of anilines is 1. The summed E-state index contributed by atoms with van der Waals surface area (Å²) in [5.74, 6) is 1.64. The Morgan fingerprint density at radius 1 is 1.26 bits per heavy atom. The van der Waals surface area contributed by atoms with Gasteiger partial charge < -0.3 is 15.1 Å². The van der Waals surface area contributed by atoms with Gasteiger partial charge in [-0.15, -0.1) is 0 Å². The maximum absolute atomic E-state index is 12.5. The molecule has 2 fully saturated rings. The zero-order valence-corrected chi connectivity index (χ0v) is 16.5. The van der Waals surface area contributed by atoms with Crippen molar-refractivity contribution in [3.8, 4) is 0 Å². The van der Waals surface area contributed by atoms with Gasteiger partial charge in [0.05, 0.1) is 6.54 Å². The third-order valence-corrected chi connectivity index (χ3v) is 5.66. The zero-order chi connectivity index (χ0) is 19.4. The highest BCUT2D eigenvalue weighted by Gasteiger charge is 2.35. The Balaban J connectivity index is 1.48. The summed E-state index contributed by atoms with van der Waals surface area (Å²) in [6, 6.07) is -0.000598. The van der Waals surface area contributed by atoms with Gasteiger partial charge in [0, 0.05) is 70.3 Å². The van der Waals surface area contributed by atoms with E-state index in [9.17, 15) is 13.2 Å². The average Bonchev–Trinajstić information content (AvgIpc) is 3.28. The summed E-state index contributed by atoms with van der Waals surface area (Å²) in [5, 5.41) is 4.29. The molecule has 152 valence electrons. The molecule has 2 aliphatic heterocycles. The van der Waals surface area contributed by atoms with Crippen molar-refractivity contribution >= 4 is 22.6 Å². The first-order chi connectivity index (χ1) is 12.9. The summed E-state index contributed by atoms with van der Waals surface area (Å²) in [7, 11) is 1.72. The van der Waals surface area contributed by atoms with Gasteiger partial charge in [0.25, 0.3) is 0 Å². The predicted molar refractivity (Wildman–Crippen MR) is 100 cm³/mol. The molecule has 0 bridgehead atoms. The number of rotatable bonds is 4. The van der Waals surface area contributed by atoms with Gasteiger partial charge >= 0.3 is 6.18 Å². The van der Waals surface area contributed by atoms with Crippen LogP contribution in [0.2, 0.25) is 0 Å². The van der Waals surface area contributed by atoms with Gasteiger partial charge in [0.1, 0.15) is 5.82 Å². The molecule has 1 N–H and O–H groups in total. The number of aliphatic imine (C=N–C) groups is 1. The van der Waals surface area contributed by atoms with Crippen LogP contribution in [-0.4, -0.2) is 90.2 Å². The molecule has 7 nitrogen and oxygen atoms in total. The van der Waals surface area contributed by atoms with E-state index in [1.54, 1.807) is 7.05 Å². The summed E-state index contributed by atoms with van der Waals surface area (Å²) in [6.45, 7) is 5.28. The van der Waals surface area contributed by atoms with Gasteiger partial charge in [0.2, 0.25) is 5.13 Å². The lowest BCUT2D eigenvalue weighted by Gasteiger charge is -2.37. The monoisotopic (exact) mass is 405 g/mol. The first kappa shape index (κ1) is 20.1. The van der Waals surface area contributed by atoms with Crippen LogP contribution < -0.4 is 10.2 Å².